The molecule has 0 bridgehead atoms. The average molecular weight is 319 g/mol. The van der Waals surface area contributed by atoms with Crippen molar-refractivity contribution in [2.24, 2.45) is 0 Å². The number of amides is 1. The number of likely N-dealkylation sites (N-methyl/N-ethyl adjacent to an activating group) is 1. The number of carbonyl (C=O) groups is 1. The minimum absolute atomic E-state index is 0.0681. The Kier molecular flexibility index (Phi) is 6.02. The van der Waals surface area contributed by atoms with Crippen LogP contribution in [-0.4, -0.2) is 57.8 Å². The van der Waals surface area contributed by atoms with E-state index in [0.717, 1.165) is 19.4 Å². The smallest absolute Gasteiger partial charge is 0.251 e. The molecule has 1 heterocycles. The summed E-state index contributed by atoms with van der Waals surface area (Å²) in [6.07, 6.45) is 1.57. The molecule has 1 aromatic rings. The van der Waals surface area contributed by atoms with Crippen molar-refractivity contribution in [3.8, 4) is 0 Å². The first kappa shape index (κ1) is 17.8. The fourth-order valence-electron chi connectivity index (χ4n) is 3.00. The molecule has 1 aliphatic rings. The van der Waals surface area contributed by atoms with Crippen LogP contribution in [0, 0.1) is 0 Å². The van der Waals surface area contributed by atoms with E-state index in [0.29, 0.717) is 0 Å². The van der Waals surface area contributed by atoms with Gasteiger partial charge in [-0.3, -0.25) is 4.79 Å². The predicted molar refractivity (Wildman–Crippen MR) is 93.8 cm³/mol. The number of carbonyl (C=O) groups excluding carboxylic acids is 1. The van der Waals surface area contributed by atoms with Gasteiger partial charge < -0.3 is 19.9 Å². The van der Waals surface area contributed by atoms with Gasteiger partial charge in [0.15, 0.2) is 0 Å². The Labute approximate surface area is 139 Å². The Morgan fingerprint density at radius 2 is 1.96 bits per heavy atom. The molecule has 1 fully saturated rings. The molecule has 0 spiro atoms. The second-order valence-corrected chi connectivity index (χ2v) is 6.64. The van der Waals surface area contributed by atoms with Crippen molar-refractivity contribution in [2.75, 3.05) is 39.6 Å². The lowest BCUT2D eigenvalue weighted by atomic mass is 10.0. The summed E-state index contributed by atoms with van der Waals surface area (Å²) < 4.78 is 5.88. The van der Waals surface area contributed by atoms with Crippen LogP contribution in [0.1, 0.15) is 31.4 Å². The zero-order valence-corrected chi connectivity index (χ0v) is 14.9. The second kappa shape index (κ2) is 7.79. The van der Waals surface area contributed by atoms with Crippen molar-refractivity contribution in [2.45, 2.75) is 38.0 Å². The molecular formula is C18H29N3O2. The number of nitrogens with zero attached hydrogens (tertiary/aromatic N) is 2. The van der Waals surface area contributed by atoms with E-state index < -0.39 is 0 Å². The van der Waals surface area contributed by atoms with Gasteiger partial charge in [-0.2, -0.15) is 0 Å². The summed E-state index contributed by atoms with van der Waals surface area (Å²) in [5, 5.41) is 3.55. The maximum absolute atomic E-state index is 11.9. The summed E-state index contributed by atoms with van der Waals surface area (Å²) in [6.45, 7) is 2.93. The van der Waals surface area contributed by atoms with Crippen molar-refractivity contribution in [3.05, 3.63) is 29.8 Å². The molecule has 0 unspecified atom stereocenters. The minimum Gasteiger partial charge on any atom is -0.377 e. The molecule has 1 aromatic carbocycles. The van der Waals surface area contributed by atoms with Crippen molar-refractivity contribution in [1.29, 1.82) is 0 Å². The van der Waals surface area contributed by atoms with Gasteiger partial charge >= 0.3 is 0 Å². The predicted octanol–water partition coefficient (Wildman–Crippen LogP) is 2.04. The largest absolute Gasteiger partial charge is 0.377 e. The van der Waals surface area contributed by atoms with Gasteiger partial charge in [0.2, 0.25) is 0 Å². The molecule has 0 aromatic heterocycles. The quantitative estimate of drug-likeness (QED) is 0.871. The van der Waals surface area contributed by atoms with E-state index in [4.69, 9.17) is 4.74 Å². The van der Waals surface area contributed by atoms with E-state index in [1.54, 1.807) is 19.0 Å². The minimum atomic E-state index is -0.277. The molecule has 3 atom stereocenters. The Balaban J connectivity index is 1.89. The van der Waals surface area contributed by atoms with Crippen molar-refractivity contribution in [1.82, 2.24) is 10.2 Å². The lowest BCUT2D eigenvalue weighted by molar-refractivity contribution is -0.140. The summed E-state index contributed by atoms with van der Waals surface area (Å²) >= 11 is 0. The molecule has 0 radical (unpaired) electrons. The van der Waals surface area contributed by atoms with Crippen LogP contribution < -0.4 is 10.2 Å². The molecule has 23 heavy (non-hydrogen) atoms. The number of nitrogens with one attached hydrogen (secondary N) is 1. The van der Waals surface area contributed by atoms with Gasteiger partial charge in [0.25, 0.3) is 5.91 Å². The SMILES string of the molecule is C[C@H](NC[C@H]1CC[C@@H](C(=O)N(C)C)O1)c1ccccc1N(C)C. The van der Waals surface area contributed by atoms with E-state index >= 15 is 0 Å². The maximum atomic E-state index is 11.9. The van der Waals surface area contributed by atoms with Gasteiger partial charge in [-0.25, -0.2) is 0 Å². The molecule has 1 aliphatic heterocycles. The summed E-state index contributed by atoms with van der Waals surface area (Å²) in [5.41, 5.74) is 2.50. The summed E-state index contributed by atoms with van der Waals surface area (Å²) in [4.78, 5) is 15.7. The van der Waals surface area contributed by atoms with Crippen molar-refractivity contribution < 1.29 is 9.53 Å². The third-order valence-corrected chi connectivity index (χ3v) is 4.36. The highest BCUT2D eigenvalue weighted by Gasteiger charge is 2.31. The Morgan fingerprint density at radius 1 is 1.26 bits per heavy atom. The molecule has 0 aliphatic carbocycles. The van der Waals surface area contributed by atoms with Gasteiger partial charge in [0.05, 0.1) is 6.10 Å². The highest BCUT2D eigenvalue weighted by molar-refractivity contribution is 5.80. The van der Waals surface area contributed by atoms with E-state index in [2.05, 4.69) is 55.5 Å². The van der Waals surface area contributed by atoms with Crippen LogP contribution in [0.15, 0.2) is 24.3 Å². The molecular weight excluding hydrogens is 290 g/mol. The molecule has 128 valence electrons. The lowest BCUT2D eigenvalue weighted by Crippen LogP contribution is -2.35. The van der Waals surface area contributed by atoms with Gasteiger partial charge in [0.1, 0.15) is 6.10 Å². The van der Waals surface area contributed by atoms with Gasteiger partial charge in [0, 0.05) is 46.5 Å². The lowest BCUT2D eigenvalue weighted by Gasteiger charge is -2.24. The third kappa shape index (κ3) is 4.45. The van der Waals surface area contributed by atoms with E-state index in [1.807, 2.05) is 0 Å². The molecule has 1 amide bonds. The van der Waals surface area contributed by atoms with E-state index in [-0.39, 0.29) is 24.2 Å². The Hall–Kier alpha value is -1.59. The topological polar surface area (TPSA) is 44.8 Å². The summed E-state index contributed by atoms with van der Waals surface area (Å²) in [6, 6.07) is 8.65. The molecule has 2 rings (SSSR count). The number of hydrogen-bond acceptors (Lipinski definition) is 4. The highest BCUT2D eigenvalue weighted by atomic mass is 16.5. The number of benzene rings is 1. The Bertz CT molecular complexity index is 531. The standard InChI is InChI=1S/C18H29N3O2/c1-13(15-8-6-7-9-16(15)20(2)3)19-12-14-10-11-17(23-14)18(22)21(4)5/h6-9,13-14,17,19H,10-12H2,1-5H3/t13-,14+,17-/m0/s1. The average Bonchev–Trinajstić information content (AvgIpc) is 3.00. The number of rotatable bonds is 6. The van der Waals surface area contributed by atoms with Gasteiger partial charge in [-0.1, -0.05) is 18.2 Å². The van der Waals surface area contributed by atoms with Crippen LogP contribution in [0.25, 0.3) is 0 Å². The normalized spacial score (nSPS) is 22.0. The summed E-state index contributed by atoms with van der Waals surface area (Å²) in [5.74, 6) is 0.0681. The number of para-hydroxylation sites is 1. The number of hydrogen-bond donors (Lipinski definition) is 1. The third-order valence-electron chi connectivity index (χ3n) is 4.36. The van der Waals surface area contributed by atoms with Crippen LogP contribution in [0.2, 0.25) is 0 Å². The fraction of sp³-hybridized carbons (Fsp3) is 0.611. The van der Waals surface area contributed by atoms with Crippen LogP contribution in [-0.2, 0) is 9.53 Å². The van der Waals surface area contributed by atoms with Crippen molar-refractivity contribution in [3.63, 3.8) is 0 Å². The van der Waals surface area contributed by atoms with Crippen LogP contribution in [0.5, 0.6) is 0 Å². The zero-order chi connectivity index (χ0) is 17.0. The highest BCUT2D eigenvalue weighted by Crippen LogP contribution is 2.26. The molecule has 1 N–H and O–H groups in total. The van der Waals surface area contributed by atoms with Crippen molar-refractivity contribution >= 4 is 11.6 Å². The maximum Gasteiger partial charge on any atom is 0.251 e. The first-order valence-corrected chi connectivity index (χ1v) is 8.26. The molecule has 5 nitrogen and oxygen atoms in total. The zero-order valence-electron chi connectivity index (χ0n) is 14.9. The second-order valence-electron chi connectivity index (χ2n) is 6.64. The van der Waals surface area contributed by atoms with Gasteiger partial charge in [-0.05, 0) is 31.4 Å². The van der Waals surface area contributed by atoms with Crippen LogP contribution in [0.3, 0.4) is 0 Å². The first-order valence-electron chi connectivity index (χ1n) is 8.26. The van der Waals surface area contributed by atoms with E-state index in [9.17, 15) is 4.79 Å². The van der Waals surface area contributed by atoms with E-state index in [1.165, 1.54) is 11.3 Å². The fourth-order valence-corrected chi connectivity index (χ4v) is 3.00. The first-order chi connectivity index (χ1) is 10.9. The Morgan fingerprint density at radius 3 is 2.61 bits per heavy atom. The van der Waals surface area contributed by atoms with Gasteiger partial charge in [-0.15, -0.1) is 0 Å². The molecule has 5 heteroatoms. The number of ether oxygens (including phenoxy) is 1. The number of anilines is 1. The van der Waals surface area contributed by atoms with Crippen LogP contribution in [0.4, 0.5) is 5.69 Å². The molecule has 1 saturated heterocycles. The molecule has 0 saturated carbocycles. The monoisotopic (exact) mass is 319 g/mol. The van der Waals surface area contributed by atoms with Crippen LogP contribution >= 0.6 is 0 Å². The summed E-state index contributed by atoms with van der Waals surface area (Å²) in [7, 11) is 7.67.